The summed E-state index contributed by atoms with van der Waals surface area (Å²) >= 11 is 0. The number of aliphatic hydroxyl groups is 23. The van der Waals surface area contributed by atoms with Gasteiger partial charge >= 0.3 is 11.9 Å². The van der Waals surface area contributed by atoms with Gasteiger partial charge in [0.1, 0.15) is 170 Å². The third kappa shape index (κ3) is 19.6. The molecule has 131 heavy (non-hydrogen) atoms. The highest BCUT2D eigenvalue weighted by Gasteiger charge is 2.74. The van der Waals surface area contributed by atoms with E-state index in [1.807, 2.05) is 0 Å². The molecule has 0 aromatic rings. The average Bonchev–Trinajstić information content (AvgIpc) is 0.822. The lowest BCUT2D eigenvalue weighted by Crippen LogP contribution is -2.70. The zero-order chi connectivity index (χ0) is 96.1. The number of hydrogen-bond donors (Lipinski definition) is 24. The van der Waals surface area contributed by atoms with Crippen molar-refractivity contribution < 1.29 is 212 Å². The fraction of sp³-hybridized carbons (Fsp3) is 0.897. The molecule has 44 nitrogen and oxygen atoms in total. The smallest absolute Gasteiger partial charge is 0.336 e. The number of allylic oxidation sites excluding steroid dienone is 3. The van der Waals surface area contributed by atoms with Gasteiger partial charge in [-0.2, -0.15) is 0 Å². The van der Waals surface area contributed by atoms with E-state index in [0.717, 1.165) is 5.57 Å². The molecular formula is C87H139NO43. The van der Waals surface area contributed by atoms with E-state index in [1.165, 1.54) is 32.9 Å². The predicted molar refractivity (Wildman–Crippen MR) is 436 cm³/mol. The van der Waals surface area contributed by atoms with Crippen LogP contribution in [0.3, 0.4) is 0 Å². The highest BCUT2D eigenvalue weighted by Crippen LogP contribution is 2.76. The molecule has 8 aliphatic heterocycles. The molecule has 0 spiro atoms. The molecule has 48 atom stereocenters. The van der Waals surface area contributed by atoms with E-state index in [0.29, 0.717) is 32.1 Å². The Morgan fingerprint density at radius 3 is 1.66 bits per heavy atom. The fourth-order valence-electron chi connectivity index (χ4n) is 23.2. The zero-order valence-electron chi connectivity index (χ0n) is 75.2. The van der Waals surface area contributed by atoms with Gasteiger partial charge in [-0.15, -0.1) is 6.58 Å². The van der Waals surface area contributed by atoms with Crippen LogP contribution in [-0.2, 0) is 94.9 Å². The van der Waals surface area contributed by atoms with Crippen molar-refractivity contribution >= 4 is 17.8 Å². The third-order valence-corrected chi connectivity index (χ3v) is 31.5. The summed E-state index contributed by atoms with van der Waals surface area (Å²) in [4.78, 5) is 44.7. The van der Waals surface area contributed by atoms with Crippen LogP contribution < -0.4 is 5.32 Å². The molecule has 8 heterocycles. The molecule has 0 unspecified atom stereocenters. The molecule has 1 amide bonds. The lowest BCUT2D eigenvalue weighted by molar-refractivity contribution is -0.390. The number of carbonyl (C=O) groups is 3. The Labute approximate surface area is 756 Å². The van der Waals surface area contributed by atoms with E-state index in [9.17, 15) is 127 Å². The largest absolute Gasteiger partial charge is 0.458 e. The fourth-order valence-corrected chi connectivity index (χ4v) is 23.2. The standard InChI is InChI=1S/C87H139NO43/c1-13-83(9,131-77-65(111)59(105)51(97)33(2)118-77)20-14-15-36(26-89)71(113)124-49-25-87(80(114)130-79-70(61(107)55(101)42(28-91)122-79)129-76-66(112)68(127-75-64(110)60(106)54(100)41(27-90)120-75)67(34(3)119-76)126-74-63(109)56(102)43(29-92)121-74)38(23-81(49,5)6)37-16-17-46-84(10)21-19-48(82(7,8)45(84)18-22-85(46,11)86(37,12)24-47(87)96)125-72-50(88-35(4)93)58(104)57(103)44(123-72)32-117-78-69(53(99)40(95)31-116-78)128-73-62(108)52(98)39(94)30-115-73/h13,15-16,33-34,38-70,72-79,89-92,94-112H,1,14,17-32H2,2-12H3,(H,88,93)/b36-15+/t33-,34+,38+,39-,40+,41-,42-,43+,44-,45+,46-,47-,48+,49+,50-,51-,52+,53+,54-,55-,56+,57-,58-,59+,60+,61+,62-,63-,64-,65-,66-,67+,68+,69-,70-,72+,73+,74+,75+,76+,77+,78+,79+,83-,84+,85-,86-,87-/m1/s1. The van der Waals surface area contributed by atoms with Crippen LogP contribution in [0.15, 0.2) is 36.0 Å². The van der Waals surface area contributed by atoms with Crippen molar-refractivity contribution in [2.45, 2.75) is 392 Å². The lowest BCUT2D eigenvalue weighted by Gasteiger charge is -2.72. The van der Waals surface area contributed by atoms with E-state index in [2.05, 4.69) is 52.6 Å². The third-order valence-electron chi connectivity index (χ3n) is 31.5. The van der Waals surface area contributed by atoms with Gasteiger partial charge < -0.3 is 203 Å². The first-order valence-corrected chi connectivity index (χ1v) is 45.3. The van der Waals surface area contributed by atoms with Gasteiger partial charge in [0.2, 0.25) is 12.2 Å². The molecule has 0 aromatic carbocycles. The summed E-state index contributed by atoms with van der Waals surface area (Å²) < 4.78 is 104. The van der Waals surface area contributed by atoms with Crippen molar-refractivity contribution in [3.05, 3.63) is 36.0 Å². The van der Waals surface area contributed by atoms with E-state index in [4.69, 9.17) is 80.5 Å². The summed E-state index contributed by atoms with van der Waals surface area (Å²) in [6.07, 6.45) is -60.5. The quantitative estimate of drug-likeness (QED) is 0.0150. The molecule has 12 fully saturated rings. The summed E-state index contributed by atoms with van der Waals surface area (Å²) in [5.41, 5.74) is -7.28. The van der Waals surface area contributed by atoms with Crippen LogP contribution in [0, 0.1) is 50.2 Å². The zero-order valence-corrected chi connectivity index (χ0v) is 75.2. The van der Waals surface area contributed by atoms with Crippen LogP contribution in [0.25, 0.3) is 0 Å². The average molecular weight is 1890 g/mol. The predicted octanol–water partition coefficient (Wildman–Crippen LogP) is -7.49. The summed E-state index contributed by atoms with van der Waals surface area (Å²) in [7, 11) is 0. The number of nitrogens with one attached hydrogen (secondary N) is 1. The molecule has 8 saturated heterocycles. The van der Waals surface area contributed by atoms with Crippen LogP contribution >= 0.6 is 0 Å². The summed E-state index contributed by atoms with van der Waals surface area (Å²) in [6.45, 7) is 18.5. The SMILES string of the molecule is C=C[C@](C)(CC/C=C(\CO)C(=O)O[C@H]1C[C@]2(C(=O)O[C@@H]3O[C@H](CO)[C@@H](O)[C@H](O)[C@H]3O[C@@H]3O[C@@H](C)[C@H](O[C@@H]4O[C@@H](CO)[C@H](O)[C@H]4O)[C@@H](O[C@@H]4O[C@H](CO)[C@@H](O)[C@H](O)[C@H]4O)[C@H]3O)[C@H](O)C[C@]3(C)C(=CC[C@@H]4[C@@]5(C)CC[C@H](O[C@@H]6O[C@H](CO[C@@H]7OC[C@H](O)[C@H](O)[C@H]7O[C@@H]7OC[C@@H](O)[C@H](O)[C@H]7O)[C@@H](O)[C@H](O)[C@H]6NC(C)=O)C(C)(C)[C@@H]5CC[C@]43C)[C@@H]2CC1(C)C)O[C@@H]1O[C@H](C)[C@@H](O)[C@H](O)[C@H]1O. The summed E-state index contributed by atoms with van der Waals surface area (Å²) in [5, 5.41) is 258. The number of amides is 1. The summed E-state index contributed by atoms with van der Waals surface area (Å²) in [5.74, 6) is -4.29. The first-order chi connectivity index (χ1) is 61.5. The van der Waals surface area contributed by atoms with Crippen molar-refractivity contribution in [1.82, 2.24) is 5.32 Å². The number of esters is 2. The minimum Gasteiger partial charge on any atom is -0.458 e. The molecule has 4 saturated carbocycles. The van der Waals surface area contributed by atoms with Gasteiger partial charge in [-0.25, -0.2) is 4.79 Å². The number of carbonyl (C=O) groups excluding carboxylic acids is 3. The van der Waals surface area contributed by atoms with E-state index < -0.39 is 360 Å². The molecule has 5 aliphatic carbocycles. The molecule has 0 aromatic heterocycles. The number of aliphatic hydroxyl groups excluding tert-OH is 23. The Hall–Kier alpha value is -3.89. The number of fused-ring (bicyclic) bond motifs is 7. The Balaban J connectivity index is 0.798. The van der Waals surface area contributed by atoms with Crippen LogP contribution in [0.4, 0.5) is 0 Å². The second kappa shape index (κ2) is 40.7. The Morgan fingerprint density at radius 1 is 0.511 bits per heavy atom. The monoisotopic (exact) mass is 1890 g/mol. The molecule has 24 N–H and O–H groups in total. The summed E-state index contributed by atoms with van der Waals surface area (Å²) in [6, 6.07) is -1.36. The highest BCUT2D eigenvalue weighted by molar-refractivity contribution is 5.89. The van der Waals surface area contributed by atoms with Gasteiger partial charge in [0.05, 0.1) is 81.8 Å². The molecule has 13 aliphatic rings. The topological polar surface area (TPSA) is 685 Å². The number of rotatable bonds is 28. The first kappa shape index (κ1) is 104. The molecule has 0 bridgehead atoms. The van der Waals surface area contributed by atoms with Gasteiger partial charge in [0.25, 0.3) is 0 Å². The van der Waals surface area contributed by atoms with Crippen molar-refractivity contribution in [2.75, 3.05) is 46.2 Å². The van der Waals surface area contributed by atoms with Crippen LogP contribution in [0.5, 0.6) is 0 Å². The van der Waals surface area contributed by atoms with Crippen molar-refractivity contribution in [3.8, 4) is 0 Å². The molecule has 13 rings (SSSR count). The van der Waals surface area contributed by atoms with E-state index >= 15 is 4.79 Å². The van der Waals surface area contributed by atoms with Gasteiger partial charge in [-0.1, -0.05) is 72.3 Å². The number of hydrogen-bond acceptors (Lipinski definition) is 43. The normalized spacial score (nSPS) is 50.4. The van der Waals surface area contributed by atoms with Gasteiger partial charge in [-0.3, -0.25) is 9.59 Å². The van der Waals surface area contributed by atoms with E-state index in [-0.39, 0.29) is 43.1 Å². The number of ether oxygens (including phenoxy) is 17. The van der Waals surface area contributed by atoms with E-state index in [1.54, 1.807) is 20.8 Å². The highest BCUT2D eigenvalue weighted by atomic mass is 16.8. The lowest BCUT2D eigenvalue weighted by atomic mass is 9.33. The second-order valence-electron chi connectivity index (χ2n) is 40.3. The Morgan fingerprint density at radius 2 is 1.04 bits per heavy atom. The molecule has 0 radical (unpaired) electrons. The van der Waals surface area contributed by atoms with Gasteiger partial charge in [-0.05, 0) is 118 Å². The first-order valence-electron chi connectivity index (χ1n) is 45.3. The second-order valence-corrected chi connectivity index (χ2v) is 40.3. The van der Waals surface area contributed by atoms with Crippen molar-refractivity contribution in [3.63, 3.8) is 0 Å². The molecular weight excluding hydrogens is 1750 g/mol. The molecule has 44 heteroatoms. The van der Waals surface area contributed by atoms with Crippen molar-refractivity contribution in [2.24, 2.45) is 50.2 Å². The maximum Gasteiger partial charge on any atom is 0.336 e. The Kier molecular flexibility index (Phi) is 32.5. The van der Waals surface area contributed by atoms with Crippen molar-refractivity contribution in [1.29, 1.82) is 0 Å². The minimum atomic E-state index is -2.28. The maximum atomic E-state index is 16.7. The van der Waals surface area contributed by atoms with Crippen LogP contribution in [0.1, 0.15) is 140 Å². The van der Waals surface area contributed by atoms with Crippen LogP contribution in [0.2, 0.25) is 0 Å². The van der Waals surface area contributed by atoms with Gasteiger partial charge in [0.15, 0.2) is 50.1 Å². The Bertz CT molecular complexity index is 3940. The van der Waals surface area contributed by atoms with Gasteiger partial charge in [0, 0.05) is 18.8 Å². The minimum absolute atomic E-state index is 0.0180. The molecule has 750 valence electrons. The maximum absolute atomic E-state index is 16.7. The van der Waals surface area contributed by atoms with Crippen LogP contribution in [-0.4, -0.2) is 433 Å².